The largest absolute Gasteiger partial charge is 0.312 e. The fraction of sp³-hybridized carbons (Fsp3) is 0.667. The van der Waals surface area contributed by atoms with Gasteiger partial charge in [-0.3, -0.25) is 9.58 Å². The van der Waals surface area contributed by atoms with Crippen molar-refractivity contribution in [3.05, 3.63) is 30.1 Å². The van der Waals surface area contributed by atoms with E-state index in [1.54, 1.807) is 0 Å². The molecule has 0 aromatic carbocycles. The highest BCUT2D eigenvalue weighted by atomic mass is 15.3. The zero-order chi connectivity index (χ0) is 13.5. The number of hydrogen-bond donors (Lipinski definition) is 1. The lowest BCUT2D eigenvalue weighted by atomic mass is 10.0. The van der Waals surface area contributed by atoms with E-state index in [4.69, 9.17) is 0 Å². The third kappa shape index (κ3) is 5.17. The van der Waals surface area contributed by atoms with E-state index < -0.39 is 0 Å². The Morgan fingerprint density at radius 1 is 1.37 bits per heavy atom. The van der Waals surface area contributed by atoms with Crippen molar-refractivity contribution in [3.8, 4) is 0 Å². The molecule has 0 saturated carbocycles. The number of rotatable bonds is 6. The van der Waals surface area contributed by atoms with Gasteiger partial charge in [0, 0.05) is 31.5 Å². The molecule has 1 aliphatic heterocycles. The van der Waals surface area contributed by atoms with Gasteiger partial charge in [0.15, 0.2) is 0 Å². The number of hydrogen-bond acceptors (Lipinski definition) is 3. The number of aromatic nitrogens is 2. The summed E-state index contributed by atoms with van der Waals surface area (Å²) in [6, 6.07) is 2.65. The average molecular weight is 262 g/mol. The van der Waals surface area contributed by atoms with Crippen molar-refractivity contribution in [1.29, 1.82) is 0 Å². The van der Waals surface area contributed by atoms with Crippen LogP contribution in [0.4, 0.5) is 0 Å². The Bertz CT molecular complexity index is 371. The van der Waals surface area contributed by atoms with Crippen molar-refractivity contribution in [2.24, 2.45) is 0 Å². The minimum Gasteiger partial charge on any atom is -0.312 e. The van der Waals surface area contributed by atoms with Crippen LogP contribution in [0.3, 0.4) is 0 Å². The first-order valence-corrected chi connectivity index (χ1v) is 7.30. The molecule has 1 saturated heterocycles. The van der Waals surface area contributed by atoms with Crippen molar-refractivity contribution >= 4 is 0 Å². The summed E-state index contributed by atoms with van der Waals surface area (Å²) in [5.74, 6) is 0. The van der Waals surface area contributed by atoms with E-state index in [2.05, 4.69) is 35.2 Å². The molecule has 0 atom stereocenters. The fourth-order valence-electron chi connectivity index (χ4n) is 2.45. The lowest BCUT2D eigenvalue weighted by Gasteiger charge is -2.31. The van der Waals surface area contributed by atoms with E-state index in [0.29, 0.717) is 6.04 Å². The quantitative estimate of drug-likeness (QED) is 0.795. The predicted molar refractivity (Wildman–Crippen MR) is 79.1 cm³/mol. The molecule has 19 heavy (non-hydrogen) atoms. The highest BCUT2D eigenvalue weighted by molar-refractivity contribution is 4.95. The zero-order valence-corrected chi connectivity index (χ0v) is 12.2. The molecule has 1 aliphatic rings. The second-order valence-corrected chi connectivity index (χ2v) is 5.58. The number of nitrogens with one attached hydrogen (secondary N) is 1. The van der Waals surface area contributed by atoms with Gasteiger partial charge in [-0.05, 0) is 45.8 Å². The van der Waals surface area contributed by atoms with Crippen LogP contribution < -0.4 is 5.32 Å². The summed E-state index contributed by atoms with van der Waals surface area (Å²) in [7, 11) is 0. The third-order valence-corrected chi connectivity index (χ3v) is 3.68. The van der Waals surface area contributed by atoms with Gasteiger partial charge in [0.1, 0.15) is 0 Å². The van der Waals surface area contributed by atoms with Crippen molar-refractivity contribution in [3.63, 3.8) is 0 Å². The Hall–Kier alpha value is -1.13. The van der Waals surface area contributed by atoms with Crippen LogP contribution in [0, 0.1) is 0 Å². The highest BCUT2D eigenvalue weighted by Crippen LogP contribution is 2.10. The molecule has 0 unspecified atom stereocenters. The third-order valence-electron chi connectivity index (χ3n) is 3.68. The Kier molecular flexibility index (Phi) is 5.61. The normalized spacial score (nSPS) is 17.6. The Balaban J connectivity index is 1.59. The lowest BCUT2D eigenvalue weighted by molar-refractivity contribution is 0.214. The van der Waals surface area contributed by atoms with Gasteiger partial charge in [-0.1, -0.05) is 11.6 Å². The minimum absolute atomic E-state index is 0.679. The van der Waals surface area contributed by atoms with Crippen LogP contribution in [-0.4, -0.2) is 46.9 Å². The second kappa shape index (κ2) is 7.46. The maximum atomic E-state index is 4.21. The van der Waals surface area contributed by atoms with Crippen molar-refractivity contribution in [1.82, 2.24) is 20.0 Å². The molecule has 0 amide bonds. The van der Waals surface area contributed by atoms with Crippen LogP contribution in [0.1, 0.15) is 26.7 Å². The van der Waals surface area contributed by atoms with Crippen LogP contribution in [0.25, 0.3) is 0 Å². The Morgan fingerprint density at radius 2 is 2.16 bits per heavy atom. The number of allylic oxidation sites excluding steroid dienone is 1. The summed E-state index contributed by atoms with van der Waals surface area (Å²) >= 11 is 0. The van der Waals surface area contributed by atoms with Gasteiger partial charge in [-0.2, -0.15) is 5.10 Å². The Labute approximate surface area is 116 Å². The molecule has 1 fully saturated rings. The molecule has 106 valence electrons. The van der Waals surface area contributed by atoms with Crippen molar-refractivity contribution in [2.45, 2.75) is 39.3 Å². The second-order valence-electron chi connectivity index (χ2n) is 5.58. The molecular formula is C15H26N4. The van der Waals surface area contributed by atoms with Gasteiger partial charge in [-0.15, -0.1) is 0 Å². The van der Waals surface area contributed by atoms with Crippen LogP contribution in [-0.2, 0) is 6.54 Å². The molecule has 0 aliphatic carbocycles. The van der Waals surface area contributed by atoms with E-state index in [1.165, 1.54) is 31.5 Å². The standard InChI is InChI=1S/C15H26N4/c1-14(2)4-10-18-11-5-15(6-12-18)16-8-13-19-9-3-7-17-19/h3-4,7,9,15-16H,5-6,8,10-13H2,1-2H3. The molecule has 2 rings (SSSR count). The SMILES string of the molecule is CC(C)=CCN1CCC(NCCn2cccn2)CC1. The van der Waals surface area contributed by atoms with Crippen molar-refractivity contribution < 1.29 is 0 Å². The fourth-order valence-corrected chi connectivity index (χ4v) is 2.45. The van der Waals surface area contributed by atoms with Gasteiger partial charge in [0.05, 0.1) is 6.54 Å². The maximum absolute atomic E-state index is 4.21. The molecule has 1 aromatic rings. The Morgan fingerprint density at radius 3 is 2.79 bits per heavy atom. The topological polar surface area (TPSA) is 33.1 Å². The number of piperidine rings is 1. The van der Waals surface area contributed by atoms with E-state index in [1.807, 2.05) is 23.1 Å². The van der Waals surface area contributed by atoms with Crippen LogP contribution in [0.2, 0.25) is 0 Å². The van der Waals surface area contributed by atoms with E-state index in [0.717, 1.165) is 19.6 Å². The van der Waals surface area contributed by atoms with E-state index in [9.17, 15) is 0 Å². The highest BCUT2D eigenvalue weighted by Gasteiger charge is 2.17. The monoisotopic (exact) mass is 262 g/mol. The summed E-state index contributed by atoms with van der Waals surface area (Å²) in [5.41, 5.74) is 1.42. The summed E-state index contributed by atoms with van der Waals surface area (Å²) < 4.78 is 1.98. The molecule has 0 bridgehead atoms. The van der Waals surface area contributed by atoms with Crippen LogP contribution >= 0.6 is 0 Å². The first kappa shape index (κ1) is 14.3. The first-order chi connectivity index (χ1) is 9.24. The number of likely N-dealkylation sites (tertiary alicyclic amines) is 1. The van der Waals surface area contributed by atoms with Crippen LogP contribution in [0.5, 0.6) is 0 Å². The van der Waals surface area contributed by atoms with Crippen molar-refractivity contribution in [2.75, 3.05) is 26.2 Å². The summed E-state index contributed by atoms with van der Waals surface area (Å²) in [5, 5.41) is 7.86. The molecule has 2 heterocycles. The lowest BCUT2D eigenvalue weighted by Crippen LogP contribution is -2.43. The predicted octanol–water partition coefficient (Wildman–Crippen LogP) is 1.90. The average Bonchev–Trinajstić information content (AvgIpc) is 2.91. The summed E-state index contributed by atoms with van der Waals surface area (Å²) in [4.78, 5) is 2.54. The van der Waals surface area contributed by atoms with Gasteiger partial charge >= 0.3 is 0 Å². The molecule has 4 heteroatoms. The molecule has 1 aromatic heterocycles. The first-order valence-electron chi connectivity index (χ1n) is 7.30. The van der Waals surface area contributed by atoms with Gasteiger partial charge in [-0.25, -0.2) is 0 Å². The molecule has 0 spiro atoms. The molecule has 0 radical (unpaired) electrons. The van der Waals surface area contributed by atoms with Gasteiger partial charge in [0.25, 0.3) is 0 Å². The summed E-state index contributed by atoms with van der Waals surface area (Å²) in [6.45, 7) is 9.85. The number of nitrogens with zero attached hydrogens (tertiary/aromatic N) is 3. The maximum Gasteiger partial charge on any atom is 0.0534 e. The zero-order valence-electron chi connectivity index (χ0n) is 12.2. The van der Waals surface area contributed by atoms with Gasteiger partial charge < -0.3 is 5.32 Å². The van der Waals surface area contributed by atoms with E-state index in [-0.39, 0.29) is 0 Å². The molecular weight excluding hydrogens is 236 g/mol. The minimum atomic E-state index is 0.679. The smallest absolute Gasteiger partial charge is 0.0534 e. The van der Waals surface area contributed by atoms with Gasteiger partial charge in [0.2, 0.25) is 0 Å². The van der Waals surface area contributed by atoms with E-state index >= 15 is 0 Å². The summed E-state index contributed by atoms with van der Waals surface area (Å²) in [6.07, 6.45) is 8.70. The van der Waals surface area contributed by atoms with Crippen LogP contribution in [0.15, 0.2) is 30.1 Å². The molecule has 4 nitrogen and oxygen atoms in total. The molecule has 1 N–H and O–H groups in total.